The van der Waals surface area contributed by atoms with Crippen molar-refractivity contribution in [2.24, 2.45) is 7.05 Å². The van der Waals surface area contributed by atoms with Crippen LogP contribution in [0.15, 0.2) is 11.6 Å². The summed E-state index contributed by atoms with van der Waals surface area (Å²) >= 11 is 0.946. The molecule has 0 fully saturated rings. The van der Waals surface area contributed by atoms with Gasteiger partial charge >= 0.3 is 6.18 Å². The van der Waals surface area contributed by atoms with Crippen molar-refractivity contribution in [1.82, 2.24) is 14.8 Å². The summed E-state index contributed by atoms with van der Waals surface area (Å²) in [4.78, 5) is 3.51. The maximum atomic E-state index is 12.4. The Labute approximate surface area is 112 Å². The molecule has 2 rings (SSSR count). The summed E-state index contributed by atoms with van der Waals surface area (Å²) < 4.78 is 38.9. The van der Waals surface area contributed by atoms with Crippen LogP contribution in [-0.2, 0) is 26.2 Å². The van der Waals surface area contributed by atoms with Gasteiger partial charge < -0.3 is 5.32 Å². The molecular weight excluding hydrogens is 277 g/mol. The van der Waals surface area contributed by atoms with Crippen LogP contribution in [0.5, 0.6) is 0 Å². The van der Waals surface area contributed by atoms with Gasteiger partial charge in [-0.05, 0) is 6.42 Å². The molecule has 0 aromatic carbocycles. The Bertz CT molecular complexity index is 559. The third-order valence-corrected chi connectivity index (χ3v) is 3.35. The molecule has 2 aromatic heterocycles. The number of aromatic nitrogens is 3. The first kappa shape index (κ1) is 13.9. The SMILES string of the molecule is CCc1nn(C)cc1CNc1nc(C(F)(F)F)cs1. The number of rotatable bonds is 4. The van der Waals surface area contributed by atoms with Gasteiger partial charge in [-0.2, -0.15) is 18.3 Å². The van der Waals surface area contributed by atoms with Gasteiger partial charge in [0.15, 0.2) is 10.8 Å². The van der Waals surface area contributed by atoms with E-state index < -0.39 is 11.9 Å². The highest BCUT2D eigenvalue weighted by Gasteiger charge is 2.33. The Balaban J connectivity index is 2.04. The molecule has 0 aliphatic rings. The molecule has 0 saturated carbocycles. The Morgan fingerprint density at radius 1 is 1.42 bits per heavy atom. The van der Waals surface area contributed by atoms with Gasteiger partial charge in [-0.1, -0.05) is 6.92 Å². The minimum absolute atomic E-state index is 0.262. The Kier molecular flexibility index (Phi) is 3.79. The van der Waals surface area contributed by atoms with E-state index in [1.54, 1.807) is 4.68 Å². The first-order chi connectivity index (χ1) is 8.90. The third kappa shape index (κ3) is 3.25. The Morgan fingerprint density at radius 2 is 2.16 bits per heavy atom. The fourth-order valence-electron chi connectivity index (χ4n) is 1.68. The van der Waals surface area contributed by atoms with Gasteiger partial charge in [-0.3, -0.25) is 4.68 Å². The van der Waals surface area contributed by atoms with E-state index in [2.05, 4.69) is 15.4 Å². The van der Waals surface area contributed by atoms with E-state index in [0.29, 0.717) is 6.54 Å². The van der Waals surface area contributed by atoms with E-state index in [-0.39, 0.29) is 5.13 Å². The molecule has 2 aromatic rings. The Morgan fingerprint density at radius 3 is 2.74 bits per heavy atom. The van der Waals surface area contributed by atoms with Crippen LogP contribution in [0.4, 0.5) is 18.3 Å². The highest BCUT2D eigenvalue weighted by Crippen LogP contribution is 2.31. The number of halogens is 3. The lowest BCUT2D eigenvalue weighted by Gasteiger charge is -2.02. The van der Waals surface area contributed by atoms with Gasteiger partial charge in [0, 0.05) is 30.7 Å². The van der Waals surface area contributed by atoms with Crippen molar-refractivity contribution < 1.29 is 13.2 Å². The molecule has 8 heteroatoms. The summed E-state index contributed by atoms with van der Waals surface area (Å²) in [6.07, 6.45) is -1.76. The van der Waals surface area contributed by atoms with Crippen molar-refractivity contribution in [2.45, 2.75) is 26.1 Å². The van der Waals surface area contributed by atoms with Gasteiger partial charge in [-0.25, -0.2) is 4.98 Å². The van der Waals surface area contributed by atoms with Crippen molar-refractivity contribution in [3.05, 3.63) is 28.5 Å². The summed E-state index contributed by atoms with van der Waals surface area (Å²) in [6.45, 7) is 2.40. The molecule has 0 amide bonds. The van der Waals surface area contributed by atoms with Crippen LogP contribution in [0.2, 0.25) is 0 Å². The number of nitrogens with zero attached hydrogens (tertiary/aromatic N) is 3. The van der Waals surface area contributed by atoms with Crippen molar-refractivity contribution in [2.75, 3.05) is 5.32 Å². The zero-order chi connectivity index (χ0) is 14.0. The van der Waals surface area contributed by atoms with Crippen LogP contribution in [-0.4, -0.2) is 14.8 Å². The molecule has 0 saturated heterocycles. The topological polar surface area (TPSA) is 42.7 Å². The van der Waals surface area contributed by atoms with Crippen molar-refractivity contribution in [3.8, 4) is 0 Å². The molecule has 4 nitrogen and oxygen atoms in total. The van der Waals surface area contributed by atoms with Crippen LogP contribution in [0.25, 0.3) is 0 Å². The summed E-state index contributed by atoms with van der Waals surface area (Å²) in [5.41, 5.74) is 1.04. The van der Waals surface area contributed by atoms with E-state index in [4.69, 9.17) is 0 Å². The fraction of sp³-hybridized carbons (Fsp3) is 0.455. The quantitative estimate of drug-likeness (QED) is 0.941. The molecule has 0 aliphatic carbocycles. The van der Waals surface area contributed by atoms with Gasteiger partial charge in [0.2, 0.25) is 0 Å². The van der Waals surface area contributed by atoms with E-state index in [0.717, 1.165) is 34.4 Å². The highest BCUT2D eigenvalue weighted by atomic mass is 32.1. The molecule has 0 spiro atoms. The summed E-state index contributed by atoms with van der Waals surface area (Å²) in [7, 11) is 1.81. The molecule has 19 heavy (non-hydrogen) atoms. The number of alkyl halides is 3. The average molecular weight is 290 g/mol. The smallest absolute Gasteiger partial charge is 0.357 e. The number of anilines is 1. The number of thiazole rings is 1. The van der Waals surface area contributed by atoms with Crippen molar-refractivity contribution in [1.29, 1.82) is 0 Å². The summed E-state index contributed by atoms with van der Waals surface area (Å²) in [6, 6.07) is 0. The first-order valence-corrected chi connectivity index (χ1v) is 6.56. The number of nitrogens with one attached hydrogen (secondary N) is 1. The molecular formula is C11H13F3N4S. The van der Waals surface area contributed by atoms with E-state index >= 15 is 0 Å². The van der Waals surface area contributed by atoms with E-state index in [1.165, 1.54) is 0 Å². The van der Waals surface area contributed by atoms with Gasteiger partial charge in [0.25, 0.3) is 0 Å². The second-order valence-electron chi connectivity index (χ2n) is 4.02. The minimum atomic E-state index is -4.39. The molecule has 1 N–H and O–H groups in total. The van der Waals surface area contributed by atoms with Crippen LogP contribution >= 0.6 is 11.3 Å². The minimum Gasteiger partial charge on any atom is -0.357 e. The lowest BCUT2D eigenvalue weighted by Crippen LogP contribution is -2.06. The number of hydrogen-bond donors (Lipinski definition) is 1. The lowest BCUT2D eigenvalue weighted by molar-refractivity contribution is -0.140. The third-order valence-electron chi connectivity index (χ3n) is 2.55. The van der Waals surface area contributed by atoms with E-state index in [1.807, 2.05) is 20.2 Å². The largest absolute Gasteiger partial charge is 0.434 e. The van der Waals surface area contributed by atoms with E-state index in [9.17, 15) is 13.2 Å². The second-order valence-corrected chi connectivity index (χ2v) is 4.88. The molecule has 0 bridgehead atoms. The zero-order valence-corrected chi connectivity index (χ0v) is 11.3. The number of aryl methyl sites for hydroxylation is 2. The van der Waals surface area contributed by atoms with Crippen LogP contribution in [0.3, 0.4) is 0 Å². The van der Waals surface area contributed by atoms with Crippen molar-refractivity contribution in [3.63, 3.8) is 0 Å². The normalized spacial score (nSPS) is 11.8. The standard InChI is InChI=1S/C11H13F3N4S/c1-3-8-7(5-18(2)17-8)4-15-10-16-9(6-19-10)11(12,13)14/h5-6H,3-4H2,1-2H3,(H,15,16). The number of hydrogen-bond acceptors (Lipinski definition) is 4. The predicted molar refractivity (Wildman–Crippen MR) is 67.0 cm³/mol. The van der Waals surface area contributed by atoms with Gasteiger partial charge in [-0.15, -0.1) is 11.3 Å². The lowest BCUT2D eigenvalue weighted by atomic mass is 10.2. The van der Waals surface area contributed by atoms with Gasteiger partial charge in [0.1, 0.15) is 0 Å². The highest BCUT2D eigenvalue weighted by molar-refractivity contribution is 7.13. The first-order valence-electron chi connectivity index (χ1n) is 5.68. The maximum absolute atomic E-state index is 12.4. The molecule has 104 valence electrons. The molecule has 0 atom stereocenters. The molecule has 0 aliphatic heterocycles. The van der Waals surface area contributed by atoms with Crippen LogP contribution in [0, 0.1) is 0 Å². The van der Waals surface area contributed by atoms with Crippen molar-refractivity contribution >= 4 is 16.5 Å². The van der Waals surface area contributed by atoms with Gasteiger partial charge in [0.05, 0.1) is 5.69 Å². The van der Waals surface area contributed by atoms with Crippen LogP contribution in [0.1, 0.15) is 23.9 Å². The summed E-state index contributed by atoms with van der Waals surface area (Å²) in [5.74, 6) is 0. The molecule has 0 radical (unpaired) electrons. The average Bonchev–Trinajstić information content (AvgIpc) is 2.91. The molecule has 0 unspecified atom stereocenters. The molecule has 2 heterocycles. The van der Waals surface area contributed by atoms with Crippen LogP contribution < -0.4 is 5.32 Å². The predicted octanol–water partition coefficient (Wildman–Crippen LogP) is 3.07. The summed E-state index contributed by atoms with van der Waals surface area (Å²) in [5, 5.41) is 8.43. The Hall–Kier alpha value is -1.57. The fourth-order valence-corrected chi connectivity index (χ4v) is 2.40. The zero-order valence-electron chi connectivity index (χ0n) is 10.5. The maximum Gasteiger partial charge on any atom is 0.434 e. The second kappa shape index (κ2) is 5.20. The monoisotopic (exact) mass is 290 g/mol.